The van der Waals surface area contributed by atoms with E-state index >= 15 is 0 Å². The van der Waals surface area contributed by atoms with Crippen LogP contribution < -0.4 is 11.2 Å². The van der Waals surface area contributed by atoms with Gasteiger partial charge in [0.1, 0.15) is 6.04 Å². The summed E-state index contributed by atoms with van der Waals surface area (Å²) < 4.78 is 0. The van der Waals surface area contributed by atoms with E-state index in [1.54, 1.807) is 24.3 Å². The van der Waals surface area contributed by atoms with Gasteiger partial charge in [-0.2, -0.15) is 0 Å². The van der Waals surface area contributed by atoms with Gasteiger partial charge < -0.3 is 15.8 Å². The number of carboxylic acid groups (broad SMARTS) is 1. The molecule has 0 aliphatic heterocycles. The predicted octanol–water partition coefficient (Wildman–Crippen LogP) is 1.64. The summed E-state index contributed by atoms with van der Waals surface area (Å²) in [4.78, 5) is 26.5. The van der Waals surface area contributed by atoms with Crippen molar-refractivity contribution in [2.45, 2.75) is 12.5 Å². The molecule has 1 heterocycles. The summed E-state index contributed by atoms with van der Waals surface area (Å²) in [6.45, 7) is 0. The Hall–Kier alpha value is -2.66. The first-order valence-electron chi connectivity index (χ1n) is 6.58. The first kappa shape index (κ1) is 13.3. The number of aromatic amines is 1. The van der Waals surface area contributed by atoms with Crippen molar-refractivity contribution in [3.8, 4) is 0 Å². The van der Waals surface area contributed by atoms with Crippen molar-refractivity contribution in [3.63, 3.8) is 0 Å². The SMILES string of the molecule is N[C@H](Cc1ccc2[nH]c3ccccc3c(=O)c2c1)C(=O)O. The molecule has 0 fully saturated rings. The number of para-hydroxylation sites is 1. The molecule has 0 saturated heterocycles. The number of nitrogens with one attached hydrogen (secondary N) is 1. The number of aromatic nitrogens is 1. The van der Waals surface area contributed by atoms with Crippen molar-refractivity contribution in [1.29, 1.82) is 0 Å². The van der Waals surface area contributed by atoms with Crippen LogP contribution in [0.4, 0.5) is 0 Å². The van der Waals surface area contributed by atoms with E-state index in [2.05, 4.69) is 4.98 Å². The largest absolute Gasteiger partial charge is 0.480 e. The van der Waals surface area contributed by atoms with Crippen molar-refractivity contribution in [2.75, 3.05) is 0 Å². The summed E-state index contributed by atoms with van der Waals surface area (Å²) in [5.41, 5.74) is 7.72. The van der Waals surface area contributed by atoms with Gasteiger partial charge >= 0.3 is 5.97 Å². The minimum atomic E-state index is -1.05. The van der Waals surface area contributed by atoms with E-state index < -0.39 is 12.0 Å². The van der Waals surface area contributed by atoms with Crippen molar-refractivity contribution in [2.24, 2.45) is 5.73 Å². The molecule has 4 N–H and O–H groups in total. The van der Waals surface area contributed by atoms with Crippen LogP contribution in [0.15, 0.2) is 47.3 Å². The normalized spacial score (nSPS) is 12.6. The molecule has 0 spiro atoms. The third kappa shape index (κ3) is 2.39. The fourth-order valence-electron chi connectivity index (χ4n) is 2.44. The Bertz CT molecular complexity index is 899. The van der Waals surface area contributed by atoms with Crippen LogP contribution in [0.1, 0.15) is 5.56 Å². The lowest BCUT2D eigenvalue weighted by Crippen LogP contribution is -2.32. The average molecular weight is 282 g/mol. The van der Waals surface area contributed by atoms with Gasteiger partial charge in [-0.3, -0.25) is 9.59 Å². The summed E-state index contributed by atoms with van der Waals surface area (Å²) in [5, 5.41) is 10.0. The van der Waals surface area contributed by atoms with Crippen LogP contribution in [0.3, 0.4) is 0 Å². The Kier molecular flexibility index (Phi) is 3.19. The molecule has 0 bridgehead atoms. The number of pyridine rings is 1. The molecule has 0 radical (unpaired) electrons. The lowest BCUT2D eigenvalue weighted by Gasteiger charge is -2.08. The molecule has 5 nitrogen and oxygen atoms in total. The molecule has 0 aliphatic rings. The van der Waals surface area contributed by atoms with Gasteiger partial charge in [0.25, 0.3) is 0 Å². The maximum absolute atomic E-state index is 12.5. The highest BCUT2D eigenvalue weighted by atomic mass is 16.4. The molecule has 5 heteroatoms. The number of fused-ring (bicyclic) bond motifs is 2. The minimum Gasteiger partial charge on any atom is -0.480 e. The molecule has 1 atom stereocenters. The first-order valence-corrected chi connectivity index (χ1v) is 6.58. The van der Waals surface area contributed by atoms with Crippen molar-refractivity contribution in [3.05, 3.63) is 58.3 Å². The Morgan fingerprint density at radius 1 is 1.14 bits per heavy atom. The number of carboxylic acids is 1. The van der Waals surface area contributed by atoms with E-state index in [0.717, 1.165) is 16.6 Å². The molecule has 3 rings (SSSR count). The van der Waals surface area contributed by atoms with Crippen LogP contribution in [-0.2, 0) is 11.2 Å². The van der Waals surface area contributed by atoms with E-state index in [4.69, 9.17) is 10.8 Å². The molecule has 0 saturated carbocycles. The number of aliphatic carboxylic acids is 1. The molecular weight excluding hydrogens is 268 g/mol. The van der Waals surface area contributed by atoms with Crippen molar-refractivity contribution >= 4 is 27.8 Å². The number of H-pyrrole nitrogens is 1. The highest BCUT2D eigenvalue weighted by molar-refractivity contribution is 5.92. The van der Waals surface area contributed by atoms with Gasteiger partial charge in [-0.1, -0.05) is 18.2 Å². The third-order valence-electron chi connectivity index (χ3n) is 3.54. The van der Waals surface area contributed by atoms with Crippen LogP contribution in [0, 0.1) is 0 Å². The van der Waals surface area contributed by atoms with Crippen LogP contribution in [-0.4, -0.2) is 22.1 Å². The summed E-state index contributed by atoms with van der Waals surface area (Å²) in [7, 11) is 0. The molecule has 21 heavy (non-hydrogen) atoms. The molecule has 1 aromatic heterocycles. The van der Waals surface area contributed by atoms with E-state index in [9.17, 15) is 9.59 Å². The maximum Gasteiger partial charge on any atom is 0.320 e. The van der Waals surface area contributed by atoms with E-state index in [0.29, 0.717) is 10.8 Å². The zero-order valence-electron chi connectivity index (χ0n) is 11.2. The minimum absolute atomic E-state index is 0.0647. The van der Waals surface area contributed by atoms with Gasteiger partial charge in [0.15, 0.2) is 5.43 Å². The number of hydrogen-bond acceptors (Lipinski definition) is 3. The van der Waals surface area contributed by atoms with Crippen LogP contribution in [0.25, 0.3) is 21.8 Å². The van der Waals surface area contributed by atoms with E-state index in [1.807, 2.05) is 18.2 Å². The highest BCUT2D eigenvalue weighted by Gasteiger charge is 2.13. The number of carbonyl (C=O) groups is 1. The van der Waals surface area contributed by atoms with Crippen LogP contribution in [0.2, 0.25) is 0 Å². The molecule has 0 amide bonds. The highest BCUT2D eigenvalue weighted by Crippen LogP contribution is 2.16. The Balaban J connectivity index is 2.17. The second-order valence-electron chi connectivity index (χ2n) is 5.03. The standard InChI is InChI=1S/C16H14N2O3/c17-12(16(20)21)8-9-5-6-14-11(7-9)15(19)10-3-1-2-4-13(10)18-14/h1-7,12H,8,17H2,(H,18,19)(H,20,21)/t12-/m1/s1. The summed E-state index contributed by atoms with van der Waals surface area (Å²) in [6.07, 6.45) is 0.192. The Morgan fingerprint density at radius 2 is 1.86 bits per heavy atom. The second kappa shape index (κ2) is 5.03. The Morgan fingerprint density at radius 3 is 2.62 bits per heavy atom. The zero-order chi connectivity index (χ0) is 15.0. The molecule has 0 aliphatic carbocycles. The number of nitrogens with two attached hydrogens (primary N) is 1. The lowest BCUT2D eigenvalue weighted by atomic mass is 10.0. The van der Waals surface area contributed by atoms with Crippen molar-refractivity contribution in [1.82, 2.24) is 4.98 Å². The fourth-order valence-corrected chi connectivity index (χ4v) is 2.44. The monoisotopic (exact) mass is 282 g/mol. The first-order chi connectivity index (χ1) is 10.1. The van der Waals surface area contributed by atoms with Gasteiger partial charge in [-0.15, -0.1) is 0 Å². The average Bonchev–Trinajstić information content (AvgIpc) is 2.48. The summed E-state index contributed by atoms with van der Waals surface area (Å²) in [6, 6.07) is 11.6. The molecule has 3 aromatic rings. The van der Waals surface area contributed by atoms with Crippen molar-refractivity contribution < 1.29 is 9.90 Å². The fraction of sp³-hybridized carbons (Fsp3) is 0.125. The quantitative estimate of drug-likeness (QED) is 0.636. The van der Waals surface area contributed by atoms with Gasteiger partial charge in [-0.05, 0) is 36.2 Å². The maximum atomic E-state index is 12.5. The molecular formula is C16H14N2O3. The molecule has 106 valence electrons. The third-order valence-corrected chi connectivity index (χ3v) is 3.54. The Labute approximate surface area is 120 Å². The smallest absolute Gasteiger partial charge is 0.320 e. The van der Waals surface area contributed by atoms with E-state index in [1.165, 1.54) is 0 Å². The molecule has 2 aromatic carbocycles. The molecule has 0 unspecified atom stereocenters. The summed E-state index contributed by atoms with van der Waals surface area (Å²) in [5.74, 6) is -1.05. The van der Waals surface area contributed by atoms with Crippen LogP contribution >= 0.6 is 0 Å². The van der Waals surface area contributed by atoms with Gasteiger partial charge in [0, 0.05) is 21.8 Å². The van der Waals surface area contributed by atoms with Gasteiger partial charge in [-0.25, -0.2) is 0 Å². The summed E-state index contributed by atoms with van der Waals surface area (Å²) >= 11 is 0. The number of rotatable bonds is 3. The van der Waals surface area contributed by atoms with Gasteiger partial charge in [0.05, 0.1) is 0 Å². The predicted molar refractivity (Wildman–Crippen MR) is 81.4 cm³/mol. The number of benzene rings is 2. The topological polar surface area (TPSA) is 96.2 Å². The van der Waals surface area contributed by atoms with Gasteiger partial charge in [0.2, 0.25) is 0 Å². The van der Waals surface area contributed by atoms with E-state index in [-0.39, 0.29) is 11.8 Å². The van der Waals surface area contributed by atoms with Crippen LogP contribution in [0.5, 0.6) is 0 Å². The number of hydrogen-bond donors (Lipinski definition) is 3. The second-order valence-corrected chi connectivity index (χ2v) is 5.03. The zero-order valence-corrected chi connectivity index (χ0v) is 11.2. The lowest BCUT2D eigenvalue weighted by molar-refractivity contribution is -0.138.